The number of pyridine rings is 1. The Labute approximate surface area is 223 Å². The molecule has 1 atom stereocenters. The Kier molecular flexibility index (Phi) is 8.42. The van der Waals surface area contributed by atoms with Gasteiger partial charge in [-0.15, -0.1) is 0 Å². The van der Waals surface area contributed by atoms with Crippen LogP contribution in [0.25, 0.3) is 10.8 Å². The van der Waals surface area contributed by atoms with Gasteiger partial charge in [-0.05, 0) is 37.1 Å². The summed E-state index contributed by atoms with van der Waals surface area (Å²) in [5, 5.41) is 19.5. The third-order valence-electron chi connectivity index (χ3n) is 6.14. The molecule has 2 heterocycles. The van der Waals surface area contributed by atoms with Crippen LogP contribution in [0.15, 0.2) is 52.3 Å². The van der Waals surface area contributed by atoms with E-state index in [0.29, 0.717) is 35.4 Å². The molecule has 0 saturated carbocycles. The predicted molar refractivity (Wildman–Crippen MR) is 141 cm³/mol. The molecule has 13 heteroatoms. The molecule has 37 heavy (non-hydrogen) atoms. The van der Waals surface area contributed by atoms with Gasteiger partial charge in [-0.1, -0.05) is 29.3 Å². The number of H-pyrrole nitrogens is 1. The number of β-amino-alcohol motifs (C(OH)–C–C–N with tert-alkyl or cyclic N) is 1. The number of nitrogens with two attached hydrogens (primary N) is 1. The Bertz CT molecular complexity index is 1470. The number of fused-ring (bicyclic) bond motifs is 1. The highest BCUT2D eigenvalue weighted by Gasteiger charge is 2.23. The van der Waals surface area contributed by atoms with Gasteiger partial charge in [-0.2, -0.15) is 0 Å². The molecule has 3 aromatic rings. The van der Waals surface area contributed by atoms with Crippen molar-refractivity contribution in [2.24, 2.45) is 5.14 Å². The maximum absolute atomic E-state index is 12.8. The first kappa shape index (κ1) is 27.4. The number of likely N-dealkylation sites (tertiary alicyclic amines) is 1. The first-order chi connectivity index (χ1) is 17.5. The molecule has 1 fully saturated rings. The third kappa shape index (κ3) is 6.81. The zero-order valence-electron chi connectivity index (χ0n) is 19.6. The lowest BCUT2D eigenvalue weighted by Crippen LogP contribution is -2.45. The standard InChI is InChI=1S/C24H26Cl2N4O6S/c25-21-4-1-16(9-22(21)26)36-15-5-7-30(8-6-15)13-14(31)11-28-24(33)20-12-29-23(32)19-10-17(37(27,34)35)2-3-18(19)20/h1-4,9-10,12,14-15,31H,5-8,11,13H2,(H,28,33)(H,29,32)(H2,27,34,35). The third-order valence-corrected chi connectivity index (χ3v) is 7.79. The summed E-state index contributed by atoms with van der Waals surface area (Å²) in [6, 6.07) is 8.88. The number of hydrogen-bond donors (Lipinski definition) is 4. The lowest BCUT2D eigenvalue weighted by atomic mass is 10.1. The van der Waals surface area contributed by atoms with E-state index in [9.17, 15) is 23.1 Å². The van der Waals surface area contributed by atoms with Gasteiger partial charge in [0.15, 0.2) is 0 Å². The monoisotopic (exact) mass is 568 g/mol. The van der Waals surface area contributed by atoms with E-state index in [1.54, 1.807) is 18.2 Å². The van der Waals surface area contributed by atoms with Crippen molar-refractivity contribution in [2.45, 2.75) is 29.9 Å². The Morgan fingerprint density at radius 3 is 2.57 bits per heavy atom. The number of primary sulfonamides is 1. The zero-order valence-corrected chi connectivity index (χ0v) is 21.9. The molecule has 1 saturated heterocycles. The topological polar surface area (TPSA) is 155 Å². The van der Waals surface area contributed by atoms with Crippen molar-refractivity contribution in [3.8, 4) is 5.75 Å². The van der Waals surface area contributed by atoms with Crippen LogP contribution in [0.4, 0.5) is 0 Å². The molecule has 0 spiro atoms. The first-order valence-corrected chi connectivity index (χ1v) is 13.8. The van der Waals surface area contributed by atoms with Crippen molar-refractivity contribution in [1.29, 1.82) is 0 Å². The molecule has 0 radical (unpaired) electrons. The van der Waals surface area contributed by atoms with Crippen molar-refractivity contribution in [2.75, 3.05) is 26.2 Å². The van der Waals surface area contributed by atoms with Crippen molar-refractivity contribution >= 4 is 49.9 Å². The van der Waals surface area contributed by atoms with Gasteiger partial charge in [0.1, 0.15) is 11.9 Å². The normalized spacial score (nSPS) is 16.0. The number of amides is 1. The number of sulfonamides is 1. The number of benzene rings is 2. The molecule has 198 valence electrons. The maximum Gasteiger partial charge on any atom is 0.255 e. The number of aliphatic hydroxyl groups is 1. The van der Waals surface area contributed by atoms with Gasteiger partial charge in [-0.25, -0.2) is 13.6 Å². The smallest absolute Gasteiger partial charge is 0.255 e. The molecule has 0 aliphatic carbocycles. The Morgan fingerprint density at radius 1 is 1.16 bits per heavy atom. The number of nitrogens with zero attached hydrogens (tertiary/aromatic N) is 1. The lowest BCUT2D eigenvalue weighted by molar-refractivity contribution is 0.0594. The van der Waals surface area contributed by atoms with Crippen LogP contribution >= 0.6 is 23.2 Å². The summed E-state index contributed by atoms with van der Waals surface area (Å²) < 4.78 is 29.2. The minimum absolute atomic E-state index is 0.00554. The quantitative estimate of drug-likeness (QED) is 0.324. The number of aromatic nitrogens is 1. The number of halogens is 2. The molecule has 0 bridgehead atoms. The van der Waals surface area contributed by atoms with Crippen LogP contribution in [0.2, 0.25) is 10.0 Å². The average Bonchev–Trinajstić information content (AvgIpc) is 2.85. The highest BCUT2D eigenvalue weighted by Crippen LogP contribution is 2.28. The summed E-state index contributed by atoms with van der Waals surface area (Å²) in [4.78, 5) is 29.3. The summed E-state index contributed by atoms with van der Waals surface area (Å²) in [6.45, 7) is 1.79. The molecular weight excluding hydrogens is 543 g/mol. The number of hydrogen-bond acceptors (Lipinski definition) is 7. The van der Waals surface area contributed by atoms with Crippen LogP contribution in [-0.2, 0) is 10.0 Å². The Hall–Kier alpha value is -2.67. The van der Waals surface area contributed by atoms with Gasteiger partial charge in [-0.3, -0.25) is 9.59 Å². The van der Waals surface area contributed by atoms with Crippen LogP contribution in [0.3, 0.4) is 0 Å². The van der Waals surface area contributed by atoms with Gasteiger partial charge in [0.25, 0.3) is 11.5 Å². The van der Waals surface area contributed by atoms with Crippen molar-refractivity contribution in [3.63, 3.8) is 0 Å². The number of nitrogens with one attached hydrogen (secondary N) is 2. The minimum Gasteiger partial charge on any atom is -0.490 e. The molecule has 5 N–H and O–H groups in total. The molecule has 1 amide bonds. The Balaban J connectivity index is 1.29. The van der Waals surface area contributed by atoms with Crippen molar-refractivity contribution in [3.05, 3.63) is 68.6 Å². The van der Waals surface area contributed by atoms with Crippen molar-refractivity contribution in [1.82, 2.24) is 15.2 Å². The SMILES string of the molecule is NS(=O)(=O)c1ccc2c(C(=O)NCC(O)CN3CCC(Oc4ccc(Cl)c(Cl)c4)CC3)c[nH]c(=O)c2c1. The van der Waals surface area contributed by atoms with E-state index in [4.69, 9.17) is 33.1 Å². The van der Waals surface area contributed by atoms with E-state index >= 15 is 0 Å². The number of rotatable bonds is 8. The van der Waals surface area contributed by atoms with Crippen LogP contribution in [0.5, 0.6) is 5.75 Å². The van der Waals surface area contributed by atoms with E-state index in [-0.39, 0.29) is 33.9 Å². The zero-order chi connectivity index (χ0) is 26.7. The summed E-state index contributed by atoms with van der Waals surface area (Å²) in [5.41, 5.74) is -0.410. The number of carbonyl (C=O) groups is 1. The highest BCUT2D eigenvalue weighted by molar-refractivity contribution is 7.89. The Morgan fingerprint density at radius 2 is 1.89 bits per heavy atom. The second kappa shape index (κ2) is 11.4. The molecule has 1 aliphatic heterocycles. The fraction of sp³-hybridized carbons (Fsp3) is 0.333. The second-order valence-corrected chi connectivity index (χ2v) is 11.2. The molecule has 1 aromatic heterocycles. The van der Waals surface area contributed by atoms with Gasteiger partial charge in [0.05, 0.1) is 26.6 Å². The van der Waals surface area contributed by atoms with Crippen LogP contribution < -0.4 is 20.8 Å². The first-order valence-electron chi connectivity index (χ1n) is 11.5. The molecule has 4 rings (SSSR count). The molecule has 2 aromatic carbocycles. The fourth-order valence-corrected chi connectivity index (χ4v) is 5.05. The summed E-state index contributed by atoms with van der Waals surface area (Å²) in [5.74, 6) is 0.142. The minimum atomic E-state index is -4.01. The number of carbonyl (C=O) groups excluding carboxylic acids is 1. The summed E-state index contributed by atoms with van der Waals surface area (Å²) in [6.07, 6.45) is 1.99. The van der Waals surface area contributed by atoms with E-state index in [0.717, 1.165) is 18.9 Å². The predicted octanol–water partition coefficient (Wildman–Crippen LogP) is 2.12. The number of ether oxygens (including phenoxy) is 1. The molecule has 1 unspecified atom stereocenters. The lowest BCUT2D eigenvalue weighted by Gasteiger charge is -2.33. The van der Waals surface area contributed by atoms with Crippen LogP contribution in [-0.4, -0.2) is 67.7 Å². The van der Waals surface area contributed by atoms with Gasteiger partial charge >= 0.3 is 0 Å². The summed E-state index contributed by atoms with van der Waals surface area (Å²) in [7, 11) is -4.01. The highest BCUT2D eigenvalue weighted by atomic mass is 35.5. The molecule has 1 aliphatic rings. The number of aliphatic hydroxyl groups excluding tert-OH is 1. The van der Waals surface area contributed by atoms with Gasteiger partial charge in [0.2, 0.25) is 10.0 Å². The van der Waals surface area contributed by atoms with E-state index < -0.39 is 27.6 Å². The number of aromatic amines is 1. The van der Waals surface area contributed by atoms with E-state index in [1.165, 1.54) is 18.3 Å². The van der Waals surface area contributed by atoms with Crippen LogP contribution in [0.1, 0.15) is 23.2 Å². The van der Waals surface area contributed by atoms with Gasteiger partial charge < -0.3 is 25.0 Å². The van der Waals surface area contributed by atoms with Gasteiger partial charge in [0, 0.05) is 49.2 Å². The van der Waals surface area contributed by atoms with Crippen molar-refractivity contribution < 1.29 is 23.1 Å². The van der Waals surface area contributed by atoms with E-state index in [2.05, 4.69) is 15.2 Å². The molecular formula is C24H26Cl2N4O6S. The van der Waals surface area contributed by atoms with E-state index in [1.807, 2.05) is 0 Å². The summed E-state index contributed by atoms with van der Waals surface area (Å²) >= 11 is 12.0. The molecule has 10 nitrogen and oxygen atoms in total. The largest absolute Gasteiger partial charge is 0.490 e. The van der Waals surface area contributed by atoms with Crippen LogP contribution in [0, 0.1) is 0 Å². The second-order valence-electron chi connectivity index (χ2n) is 8.84. The fourth-order valence-electron chi connectivity index (χ4n) is 4.22. The average molecular weight is 569 g/mol. The maximum atomic E-state index is 12.8. The number of piperidine rings is 1.